The summed E-state index contributed by atoms with van der Waals surface area (Å²) in [6, 6.07) is 42.5. The summed E-state index contributed by atoms with van der Waals surface area (Å²) in [5, 5.41) is 2.10. The second-order valence-corrected chi connectivity index (χ2v) is 8.93. The molecule has 0 bridgehead atoms. The Hall–Kier alpha value is -4.14. The maximum absolute atomic E-state index is 2.28. The van der Waals surface area contributed by atoms with Gasteiger partial charge in [-0.1, -0.05) is 97.1 Å². The highest BCUT2D eigenvalue weighted by Crippen LogP contribution is 2.34. The van der Waals surface area contributed by atoms with Gasteiger partial charge < -0.3 is 4.90 Å². The fourth-order valence-electron chi connectivity index (χ4n) is 3.84. The zero-order valence-corrected chi connectivity index (χ0v) is 19.6. The van der Waals surface area contributed by atoms with Crippen molar-refractivity contribution >= 4 is 52.7 Å². The molecule has 34 heavy (non-hydrogen) atoms. The van der Waals surface area contributed by atoms with Crippen LogP contribution >= 0.6 is 11.3 Å². The fraction of sp³-hybridized carbons (Fsp3) is 0. The van der Waals surface area contributed by atoms with E-state index in [2.05, 4.69) is 156 Å². The van der Waals surface area contributed by atoms with Gasteiger partial charge in [-0.15, -0.1) is 11.3 Å². The molecule has 0 saturated carbocycles. The number of nitrogens with zero attached hydrogens (tertiary/aromatic N) is 1. The van der Waals surface area contributed by atoms with E-state index in [0.29, 0.717) is 0 Å². The van der Waals surface area contributed by atoms with Gasteiger partial charge in [0.1, 0.15) is 0 Å². The van der Waals surface area contributed by atoms with Crippen LogP contribution in [0.1, 0.15) is 21.6 Å². The molecule has 1 nitrogen and oxygen atoms in total. The molecule has 1 heterocycles. The molecule has 0 unspecified atom stereocenters. The highest BCUT2D eigenvalue weighted by atomic mass is 32.1. The van der Waals surface area contributed by atoms with E-state index in [9.17, 15) is 0 Å². The van der Waals surface area contributed by atoms with Crippen molar-refractivity contribution in [3.8, 4) is 0 Å². The average Bonchev–Trinajstić information content (AvgIpc) is 3.43. The van der Waals surface area contributed by atoms with Crippen LogP contribution in [0.25, 0.3) is 24.3 Å². The zero-order chi connectivity index (χ0) is 23.0. The Morgan fingerprint density at radius 2 is 1.00 bits per heavy atom. The van der Waals surface area contributed by atoms with Crippen molar-refractivity contribution < 1.29 is 0 Å². The number of anilines is 3. The molecule has 0 aliphatic carbocycles. The number of benzene rings is 4. The topological polar surface area (TPSA) is 3.24 Å². The van der Waals surface area contributed by atoms with Crippen LogP contribution < -0.4 is 4.90 Å². The lowest BCUT2D eigenvalue weighted by molar-refractivity contribution is 1.28. The predicted molar refractivity (Wildman–Crippen MR) is 150 cm³/mol. The van der Waals surface area contributed by atoms with E-state index in [1.165, 1.54) is 16.0 Å². The molecule has 5 rings (SSSR count). The van der Waals surface area contributed by atoms with Crippen LogP contribution in [-0.2, 0) is 0 Å². The molecule has 0 aliphatic heterocycles. The lowest BCUT2D eigenvalue weighted by Crippen LogP contribution is -2.09. The molecule has 0 spiro atoms. The van der Waals surface area contributed by atoms with E-state index in [0.717, 1.165) is 22.6 Å². The zero-order valence-electron chi connectivity index (χ0n) is 18.8. The second kappa shape index (κ2) is 10.7. The predicted octanol–water partition coefficient (Wildman–Crippen LogP) is 9.56. The monoisotopic (exact) mass is 455 g/mol. The summed E-state index contributed by atoms with van der Waals surface area (Å²) >= 11 is 1.75. The summed E-state index contributed by atoms with van der Waals surface area (Å²) in [4.78, 5) is 3.55. The van der Waals surface area contributed by atoms with E-state index >= 15 is 0 Å². The Labute approximate surface area is 205 Å². The van der Waals surface area contributed by atoms with Crippen LogP contribution in [0, 0.1) is 0 Å². The van der Waals surface area contributed by atoms with Gasteiger partial charge in [-0.25, -0.2) is 0 Å². The van der Waals surface area contributed by atoms with E-state index in [4.69, 9.17) is 0 Å². The molecule has 2 heteroatoms. The normalized spacial score (nSPS) is 11.3. The van der Waals surface area contributed by atoms with Crippen molar-refractivity contribution in [1.82, 2.24) is 0 Å². The Balaban J connectivity index is 1.37. The molecular weight excluding hydrogens is 430 g/mol. The van der Waals surface area contributed by atoms with Crippen molar-refractivity contribution in [3.05, 3.63) is 148 Å². The molecule has 1 aromatic heterocycles. The minimum atomic E-state index is 1.13. The molecule has 0 radical (unpaired) electrons. The molecule has 0 atom stereocenters. The lowest BCUT2D eigenvalue weighted by atomic mass is 10.1. The summed E-state index contributed by atoms with van der Waals surface area (Å²) < 4.78 is 0. The molecule has 0 saturated heterocycles. The quantitative estimate of drug-likeness (QED) is 0.221. The number of hydrogen-bond acceptors (Lipinski definition) is 2. The second-order valence-electron chi connectivity index (χ2n) is 7.95. The van der Waals surface area contributed by atoms with Gasteiger partial charge in [-0.05, 0) is 70.6 Å². The van der Waals surface area contributed by atoms with E-state index in [1.54, 1.807) is 11.3 Å². The van der Waals surface area contributed by atoms with Crippen molar-refractivity contribution in [2.45, 2.75) is 0 Å². The van der Waals surface area contributed by atoms with Crippen LogP contribution in [0.2, 0.25) is 0 Å². The fourth-order valence-corrected chi connectivity index (χ4v) is 4.46. The van der Waals surface area contributed by atoms with Crippen LogP contribution in [0.15, 0.2) is 127 Å². The van der Waals surface area contributed by atoms with Gasteiger partial charge in [0, 0.05) is 21.9 Å². The van der Waals surface area contributed by atoms with Crippen LogP contribution in [-0.4, -0.2) is 0 Å². The molecule has 164 valence electrons. The van der Waals surface area contributed by atoms with E-state index in [1.807, 2.05) is 0 Å². The molecule has 0 fully saturated rings. The first-order chi connectivity index (χ1) is 16.8. The number of thiophene rings is 1. The standard InChI is InChI=1S/C32H25NS/c1-3-10-29(11-4-1)33(30-12-5-2-6-13-30)31-14-7-9-28(25-31)21-20-26-16-18-27(19-17-26)22-23-32-15-8-24-34-32/h1-25H. The van der Waals surface area contributed by atoms with Crippen molar-refractivity contribution in [2.75, 3.05) is 4.90 Å². The molecule has 0 N–H and O–H groups in total. The van der Waals surface area contributed by atoms with Gasteiger partial charge in [-0.3, -0.25) is 0 Å². The molecular formula is C32H25NS. The summed E-state index contributed by atoms with van der Waals surface area (Å²) in [5.74, 6) is 0. The van der Waals surface area contributed by atoms with Crippen LogP contribution in [0.3, 0.4) is 0 Å². The highest BCUT2D eigenvalue weighted by Gasteiger charge is 2.11. The van der Waals surface area contributed by atoms with Crippen LogP contribution in [0.4, 0.5) is 17.1 Å². The van der Waals surface area contributed by atoms with Crippen molar-refractivity contribution in [1.29, 1.82) is 0 Å². The number of hydrogen-bond donors (Lipinski definition) is 0. The lowest BCUT2D eigenvalue weighted by Gasteiger charge is -2.25. The van der Waals surface area contributed by atoms with Crippen molar-refractivity contribution in [2.24, 2.45) is 0 Å². The minimum Gasteiger partial charge on any atom is -0.310 e. The van der Waals surface area contributed by atoms with E-state index < -0.39 is 0 Å². The number of rotatable bonds is 7. The Morgan fingerprint density at radius 3 is 1.59 bits per heavy atom. The van der Waals surface area contributed by atoms with Gasteiger partial charge in [0.2, 0.25) is 0 Å². The summed E-state index contributed by atoms with van der Waals surface area (Å²) in [7, 11) is 0. The highest BCUT2D eigenvalue weighted by molar-refractivity contribution is 7.10. The SMILES string of the molecule is C(=Cc1cccc(N(c2ccccc2)c2ccccc2)c1)c1ccc(C=Cc2cccs2)cc1. The molecule has 4 aromatic carbocycles. The molecule has 0 aliphatic rings. The average molecular weight is 456 g/mol. The third-order valence-electron chi connectivity index (χ3n) is 5.55. The Kier molecular flexibility index (Phi) is 6.80. The number of para-hydroxylation sites is 2. The van der Waals surface area contributed by atoms with Gasteiger partial charge in [0.25, 0.3) is 0 Å². The minimum absolute atomic E-state index is 1.13. The van der Waals surface area contributed by atoms with E-state index in [-0.39, 0.29) is 0 Å². The molecule has 0 amide bonds. The van der Waals surface area contributed by atoms with Crippen LogP contribution in [0.5, 0.6) is 0 Å². The van der Waals surface area contributed by atoms with Gasteiger partial charge in [0.15, 0.2) is 0 Å². The summed E-state index contributed by atoms with van der Waals surface area (Å²) in [6.07, 6.45) is 8.66. The first-order valence-corrected chi connectivity index (χ1v) is 12.2. The summed E-state index contributed by atoms with van der Waals surface area (Å²) in [6.45, 7) is 0. The van der Waals surface area contributed by atoms with Crippen molar-refractivity contribution in [3.63, 3.8) is 0 Å². The maximum atomic E-state index is 2.28. The third-order valence-corrected chi connectivity index (χ3v) is 6.38. The summed E-state index contributed by atoms with van der Waals surface area (Å²) in [5.41, 5.74) is 6.96. The van der Waals surface area contributed by atoms with Gasteiger partial charge in [0.05, 0.1) is 0 Å². The first kappa shape index (κ1) is 21.7. The molecule has 5 aromatic rings. The Morgan fingerprint density at radius 1 is 0.441 bits per heavy atom. The smallest absolute Gasteiger partial charge is 0.0467 e. The van der Waals surface area contributed by atoms with Gasteiger partial charge in [-0.2, -0.15) is 0 Å². The first-order valence-electron chi connectivity index (χ1n) is 11.4. The Bertz CT molecular complexity index is 1330. The van der Waals surface area contributed by atoms with Gasteiger partial charge >= 0.3 is 0 Å². The largest absolute Gasteiger partial charge is 0.310 e. The maximum Gasteiger partial charge on any atom is 0.0467 e. The third kappa shape index (κ3) is 5.43.